The zero-order chi connectivity index (χ0) is 31.3. The molecule has 2 aliphatic carbocycles. The number of anilines is 1. The molecule has 3 aliphatic rings. The van der Waals surface area contributed by atoms with E-state index in [1.54, 1.807) is 12.1 Å². The summed E-state index contributed by atoms with van der Waals surface area (Å²) in [5.41, 5.74) is 6.05. The van der Waals surface area contributed by atoms with Gasteiger partial charge in [-0.3, -0.25) is 14.4 Å². The van der Waals surface area contributed by atoms with Gasteiger partial charge < -0.3 is 20.1 Å². The molecule has 43 heavy (non-hydrogen) atoms. The number of amides is 1. The topological polar surface area (TPSA) is 93.7 Å². The third kappa shape index (κ3) is 6.37. The van der Waals surface area contributed by atoms with Crippen molar-refractivity contribution in [3.63, 3.8) is 0 Å². The number of rotatable bonds is 7. The van der Waals surface area contributed by atoms with E-state index in [1.165, 1.54) is 0 Å². The van der Waals surface area contributed by atoms with Crippen molar-refractivity contribution < 1.29 is 23.9 Å². The Bertz CT molecular complexity index is 1530. The zero-order valence-electron chi connectivity index (χ0n) is 26.1. The summed E-state index contributed by atoms with van der Waals surface area (Å²) in [7, 11) is 0. The number of aryl methyl sites for hydroxylation is 2. The number of carbonyl (C=O) groups excluding carboxylic acids is 3. The monoisotopic (exact) mass is 604 g/mol. The predicted molar refractivity (Wildman–Crippen MR) is 169 cm³/mol. The standard InChI is InChI=1S/C35H41ClN2O5/c1-8-42-28-13-21(12-22(36)33(28)43-18-29(41)38-23-11-19(2)9-10-20(23)3)30-31-24(14-34(4,5)16-26(31)39)37-25-15-35(6,7)17-27(40)32(25)30/h9-13,30,37H,8,14-18H2,1-7H3,(H,38,41). The largest absolute Gasteiger partial charge is 0.490 e. The summed E-state index contributed by atoms with van der Waals surface area (Å²) in [5.74, 6) is -0.217. The lowest BCUT2D eigenvalue weighted by Gasteiger charge is -2.44. The number of allylic oxidation sites excluding steroid dienone is 4. The van der Waals surface area contributed by atoms with Gasteiger partial charge in [-0.1, -0.05) is 51.4 Å². The predicted octanol–water partition coefficient (Wildman–Crippen LogP) is 7.35. The molecule has 2 N–H and O–H groups in total. The van der Waals surface area contributed by atoms with Crippen molar-refractivity contribution >= 4 is 34.8 Å². The molecule has 1 aliphatic heterocycles. The van der Waals surface area contributed by atoms with Crippen molar-refractivity contribution in [3.8, 4) is 11.5 Å². The highest BCUT2D eigenvalue weighted by Gasteiger charge is 2.46. The Morgan fingerprint density at radius 2 is 1.53 bits per heavy atom. The maximum absolute atomic E-state index is 13.7. The fourth-order valence-electron chi connectivity index (χ4n) is 6.57. The molecule has 0 fully saturated rings. The van der Waals surface area contributed by atoms with Gasteiger partial charge in [-0.15, -0.1) is 0 Å². The van der Waals surface area contributed by atoms with Crippen molar-refractivity contribution in [2.24, 2.45) is 10.8 Å². The Labute approximate surface area is 259 Å². The molecule has 0 saturated carbocycles. The van der Waals surface area contributed by atoms with Crippen LogP contribution in [0, 0.1) is 24.7 Å². The van der Waals surface area contributed by atoms with E-state index < -0.39 is 5.92 Å². The van der Waals surface area contributed by atoms with Gasteiger partial charge in [0.05, 0.1) is 11.6 Å². The minimum absolute atomic E-state index is 0.0328. The van der Waals surface area contributed by atoms with Gasteiger partial charge in [0, 0.05) is 47.0 Å². The molecular weight excluding hydrogens is 564 g/mol. The number of ketones is 2. The molecule has 7 nitrogen and oxygen atoms in total. The third-order valence-electron chi connectivity index (χ3n) is 8.40. The van der Waals surface area contributed by atoms with Gasteiger partial charge in [0.1, 0.15) is 0 Å². The lowest BCUT2D eigenvalue weighted by Crippen LogP contribution is -2.42. The van der Waals surface area contributed by atoms with Crippen LogP contribution in [-0.4, -0.2) is 30.7 Å². The van der Waals surface area contributed by atoms with Gasteiger partial charge in [-0.25, -0.2) is 0 Å². The maximum atomic E-state index is 13.7. The lowest BCUT2D eigenvalue weighted by molar-refractivity contribution is -0.119. The molecule has 2 aromatic carbocycles. The van der Waals surface area contributed by atoms with Crippen molar-refractivity contribution in [1.82, 2.24) is 5.32 Å². The first kappa shape index (κ1) is 30.9. The van der Waals surface area contributed by atoms with Crippen LogP contribution in [0.4, 0.5) is 5.69 Å². The van der Waals surface area contributed by atoms with Crippen molar-refractivity contribution in [3.05, 3.63) is 74.6 Å². The summed E-state index contributed by atoms with van der Waals surface area (Å²) in [5, 5.41) is 6.68. The Morgan fingerprint density at radius 3 is 2.12 bits per heavy atom. The summed E-state index contributed by atoms with van der Waals surface area (Å²) in [6.07, 6.45) is 2.21. The fraction of sp³-hybridized carbons (Fsp3) is 0.457. The quantitative estimate of drug-likeness (QED) is 0.343. The average molecular weight is 605 g/mol. The Balaban J connectivity index is 1.52. The highest BCUT2D eigenvalue weighted by molar-refractivity contribution is 6.32. The van der Waals surface area contributed by atoms with Gasteiger partial charge in [-0.05, 0) is 79.3 Å². The van der Waals surface area contributed by atoms with Crippen LogP contribution in [0.15, 0.2) is 52.9 Å². The Hall–Kier alpha value is -3.58. The van der Waals surface area contributed by atoms with Crippen LogP contribution in [0.5, 0.6) is 11.5 Å². The van der Waals surface area contributed by atoms with E-state index in [2.05, 4.69) is 38.3 Å². The third-order valence-corrected chi connectivity index (χ3v) is 8.68. The molecule has 0 spiro atoms. The van der Waals surface area contributed by atoms with Gasteiger partial charge in [0.15, 0.2) is 29.7 Å². The molecule has 5 rings (SSSR count). The molecule has 0 radical (unpaired) electrons. The van der Waals surface area contributed by atoms with Crippen LogP contribution in [-0.2, 0) is 14.4 Å². The molecular formula is C35H41ClN2O5. The second kappa shape index (κ2) is 11.5. The summed E-state index contributed by atoms with van der Waals surface area (Å²) < 4.78 is 11.9. The molecule has 0 atom stereocenters. The minimum atomic E-state index is -0.559. The van der Waals surface area contributed by atoms with Crippen molar-refractivity contribution in [2.45, 2.75) is 80.1 Å². The number of ether oxygens (including phenoxy) is 2. The van der Waals surface area contributed by atoms with E-state index in [-0.39, 0.29) is 45.7 Å². The molecule has 1 heterocycles. The second-order valence-corrected chi connectivity index (χ2v) is 14.0. The number of nitrogens with one attached hydrogen (secondary N) is 2. The van der Waals surface area contributed by atoms with Crippen LogP contribution < -0.4 is 20.1 Å². The summed E-state index contributed by atoms with van der Waals surface area (Å²) in [6.45, 7) is 14.2. The molecule has 0 saturated heterocycles. The normalized spacial score (nSPS) is 19.4. The zero-order valence-corrected chi connectivity index (χ0v) is 26.9. The minimum Gasteiger partial charge on any atom is -0.490 e. The van der Waals surface area contributed by atoms with E-state index in [0.717, 1.165) is 28.2 Å². The fourth-order valence-corrected chi connectivity index (χ4v) is 6.85. The number of benzene rings is 2. The van der Waals surface area contributed by atoms with Gasteiger partial charge in [0.2, 0.25) is 0 Å². The molecule has 0 aromatic heterocycles. The number of carbonyl (C=O) groups is 3. The van der Waals surface area contributed by atoms with E-state index in [0.29, 0.717) is 54.7 Å². The van der Waals surface area contributed by atoms with Crippen LogP contribution in [0.2, 0.25) is 5.02 Å². The van der Waals surface area contributed by atoms with E-state index in [9.17, 15) is 14.4 Å². The smallest absolute Gasteiger partial charge is 0.262 e. The number of Topliss-reactive ketones (excluding diaryl/α,β-unsaturated/α-hetero) is 2. The molecule has 8 heteroatoms. The van der Waals surface area contributed by atoms with E-state index in [1.807, 2.05) is 39.0 Å². The Kier molecular flexibility index (Phi) is 8.25. The lowest BCUT2D eigenvalue weighted by atomic mass is 9.64. The first-order valence-electron chi connectivity index (χ1n) is 14.9. The van der Waals surface area contributed by atoms with Crippen LogP contribution in [0.3, 0.4) is 0 Å². The molecule has 2 aromatic rings. The van der Waals surface area contributed by atoms with Crippen molar-refractivity contribution in [2.75, 3.05) is 18.5 Å². The summed E-state index contributed by atoms with van der Waals surface area (Å²) in [6, 6.07) is 9.40. The maximum Gasteiger partial charge on any atom is 0.262 e. The number of halogens is 1. The van der Waals surface area contributed by atoms with E-state index >= 15 is 0 Å². The van der Waals surface area contributed by atoms with Crippen molar-refractivity contribution in [1.29, 1.82) is 0 Å². The van der Waals surface area contributed by atoms with Crippen LogP contribution >= 0.6 is 11.6 Å². The second-order valence-electron chi connectivity index (χ2n) is 13.6. The first-order valence-corrected chi connectivity index (χ1v) is 15.3. The molecule has 0 unspecified atom stereocenters. The first-order chi connectivity index (χ1) is 20.2. The highest BCUT2D eigenvalue weighted by atomic mass is 35.5. The van der Waals surface area contributed by atoms with Crippen LogP contribution in [0.1, 0.15) is 82.9 Å². The summed E-state index contributed by atoms with van der Waals surface area (Å²) >= 11 is 6.84. The number of hydrogen-bond donors (Lipinski definition) is 2. The van der Waals surface area contributed by atoms with Gasteiger partial charge in [-0.2, -0.15) is 0 Å². The van der Waals surface area contributed by atoms with Gasteiger partial charge in [0.25, 0.3) is 5.91 Å². The summed E-state index contributed by atoms with van der Waals surface area (Å²) in [4.78, 5) is 40.2. The molecule has 0 bridgehead atoms. The van der Waals surface area contributed by atoms with Crippen LogP contribution in [0.25, 0.3) is 0 Å². The molecule has 1 amide bonds. The average Bonchev–Trinajstić information content (AvgIpc) is 2.87. The Morgan fingerprint density at radius 1 is 0.930 bits per heavy atom. The van der Waals surface area contributed by atoms with Gasteiger partial charge >= 0.3 is 0 Å². The highest BCUT2D eigenvalue weighted by Crippen LogP contribution is 2.52. The number of dihydropyridines is 1. The number of hydrogen-bond acceptors (Lipinski definition) is 6. The molecule has 228 valence electrons. The van der Waals surface area contributed by atoms with E-state index in [4.69, 9.17) is 21.1 Å². The SMILES string of the molecule is CCOc1cc(C2C3=C(CC(C)(C)CC3=O)NC3=C2C(=O)CC(C)(C)C3)cc(Cl)c1OCC(=O)Nc1cc(C)ccc1C.